The summed E-state index contributed by atoms with van der Waals surface area (Å²) in [5.74, 6) is -0.365. The fourth-order valence-electron chi connectivity index (χ4n) is 5.48. The SMILES string of the molecule is CC1CC(C(=O)NC23CCC(NC(=O)COC4CCC(Cl)C(Cl)C4)(CC2)[C@@H](O)C3)ON1. The van der Waals surface area contributed by atoms with Crippen LogP contribution in [0.15, 0.2) is 0 Å². The van der Waals surface area contributed by atoms with E-state index in [-0.39, 0.29) is 41.3 Å². The van der Waals surface area contributed by atoms with Crippen molar-refractivity contribution in [1.82, 2.24) is 16.1 Å². The average Bonchev–Trinajstić information content (AvgIpc) is 3.17. The van der Waals surface area contributed by atoms with E-state index in [4.69, 9.17) is 32.8 Å². The zero-order valence-electron chi connectivity index (χ0n) is 17.9. The molecule has 4 saturated carbocycles. The van der Waals surface area contributed by atoms with E-state index >= 15 is 0 Å². The summed E-state index contributed by atoms with van der Waals surface area (Å²) in [5.41, 5.74) is 1.72. The summed E-state index contributed by atoms with van der Waals surface area (Å²) in [7, 11) is 0. The number of hydrogen-bond donors (Lipinski definition) is 4. The van der Waals surface area contributed by atoms with E-state index in [1.165, 1.54) is 0 Å². The van der Waals surface area contributed by atoms with Gasteiger partial charge in [0, 0.05) is 18.0 Å². The van der Waals surface area contributed by atoms with Crippen LogP contribution in [0.3, 0.4) is 0 Å². The highest BCUT2D eigenvalue weighted by atomic mass is 35.5. The largest absolute Gasteiger partial charge is 0.391 e. The van der Waals surface area contributed by atoms with Gasteiger partial charge in [-0.05, 0) is 58.3 Å². The molecule has 0 aromatic carbocycles. The number of nitrogens with one attached hydrogen (secondary N) is 3. The summed E-state index contributed by atoms with van der Waals surface area (Å²) in [6.07, 6.45) is 4.60. The van der Waals surface area contributed by atoms with Crippen molar-refractivity contribution in [3.8, 4) is 0 Å². The van der Waals surface area contributed by atoms with Crippen LogP contribution in [0.25, 0.3) is 0 Å². The molecule has 2 amide bonds. The molecule has 6 atom stereocenters. The predicted octanol–water partition coefficient (Wildman–Crippen LogP) is 1.50. The van der Waals surface area contributed by atoms with Gasteiger partial charge in [-0.25, -0.2) is 0 Å². The number of hydroxylamine groups is 1. The Labute approximate surface area is 193 Å². The Morgan fingerprint density at radius 2 is 1.87 bits per heavy atom. The van der Waals surface area contributed by atoms with Gasteiger partial charge >= 0.3 is 0 Å². The zero-order valence-corrected chi connectivity index (χ0v) is 19.4. The third kappa shape index (κ3) is 5.14. The van der Waals surface area contributed by atoms with Gasteiger partial charge in [-0.15, -0.1) is 23.2 Å². The van der Waals surface area contributed by atoms with Crippen LogP contribution in [0.2, 0.25) is 0 Å². The van der Waals surface area contributed by atoms with Crippen LogP contribution in [0.4, 0.5) is 0 Å². The van der Waals surface area contributed by atoms with Gasteiger partial charge in [0.25, 0.3) is 5.91 Å². The first-order valence-electron chi connectivity index (χ1n) is 11.3. The lowest BCUT2D eigenvalue weighted by molar-refractivity contribution is -0.144. The van der Waals surface area contributed by atoms with Crippen LogP contribution in [0.5, 0.6) is 0 Å². The van der Waals surface area contributed by atoms with Crippen molar-refractivity contribution in [2.45, 2.75) is 111 Å². The number of rotatable bonds is 6. The van der Waals surface area contributed by atoms with Crippen LogP contribution >= 0.6 is 23.2 Å². The minimum Gasteiger partial charge on any atom is -0.391 e. The highest BCUT2D eigenvalue weighted by molar-refractivity contribution is 6.30. The molecule has 1 heterocycles. The number of amides is 2. The maximum atomic E-state index is 12.6. The number of halogens is 2. The lowest BCUT2D eigenvalue weighted by atomic mass is 9.60. The van der Waals surface area contributed by atoms with Gasteiger partial charge in [0.1, 0.15) is 6.61 Å². The third-order valence-electron chi connectivity index (χ3n) is 7.46. The molecule has 0 radical (unpaired) electrons. The molecule has 10 heteroatoms. The molecule has 176 valence electrons. The topological polar surface area (TPSA) is 109 Å². The Balaban J connectivity index is 1.26. The van der Waals surface area contributed by atoms with Crippen molar-refractivity contribution < 1.29 is 24.3 Å². The van der Waals surface area contributed by atoms with Gasteiger partial charge < -0.3 is 20.5 Å². The first-order valence-corrected chi connectivity index (χ1v) is 12.2. The predicted molar refractivity (Wildman–Crippen MR) is 116 cm³/mol. The molecule has 5 aliphatic rings. The molecule has 2 bridgehead atoms. The van der Waals surface area contributed by atoms with Crippen molar-refractivity contribution in [3.63, 3.8) is 0 Å². The molecule has 1 saturated heterocycles. The summed E-state index contributed by atoms with van der Waals surface area (Å²) in [6.45, 7) is 1.91. The highest BCUT2D eigenvalue weighted by Crippen LogP contribution is 2.47. The van der Waals surface area contributed by atoms with Crippen molar-refractivity contribution in [3.05, 3.63) is 0 Å². The molecule has 8 nitrogen and oxygen atoms in total. The number of carbonyl (C=O) groups is 2. The number of hydrogen-bond acceptors (Lipinski definition) is 6. The van der Waals surface area contributed by atoms with Gasteiger partial charge in [-0.3, -0.25) is 14.4 Å². The number of alkyl halides is 2. The van der Waals surface area contributed by atoms with Crippen LogP contribution in [-0.4, -0.2) is 69.7 Å². The van der Waals surface area contributed by atoms with Crippen LogP contribution in [-0.2, 0) is 19.2 Å². The van der Waals surface area contributed by atoms with Crippen molar-refractivity contribution in [1.29, 1.82) is 0 Å². The Kier molecular flexibility index (Phi) is 7.06. The van der Waals surface area contributed by atoms with Gasteiger partial charge in [0.05, 0.1) is 28.5 Å². The summed E-state index contributed by atoms with van der Waals surface area (Å²) in [4.78, 5) is 30.6. The van der Waals surface area contributed by atoms with Gasteiger partial charge in [0.2, 0.25) is 5.91 Å². The molecule has 4 aliphatic carbocycles. The maximum Gasteiger partial charge on any atom is 0.251 e. The average molecular weight is 478 g/mol. The Morgan fingerprint density at radius 1 is 1.13 bits per heavy atom. The quantitative estimate of drug-likeness (QED) is 0.431. The van der Waals surface area contributed by atoms with E-state index in [1.54, 1.807) is 0 Å². The van der Waals surface area contributed by atoms with E-state index in [0.717, 1.165) is 12.8 Å². The van der Waals surface area contributed by atoms with Crippen LogP contribution in [0.1, 0.15) is 64.7 Å². The lowest BCUT2D eigenvalue weighted by Crippen LogP contribution is -2.70. The summed E-state index contributed by atoms with van der Waals surface area (Å²) in [6, 6.07) is 0.141. The molecule has 5 fully saturated rings. The molecule has 0 aromatic rings. The molecular formula is C21H33Cl2N3O5. The maximum absolute atomic E-state index is 12.6. The van der Waals surface area contributed by atoms with Crippen LogP contribution in [0, 0.1) is 0 Å². The normalized spacial score (nSPS) is 44.8. The Bertz CT molecular complexity index is 688. The Hall–Kier alpha value is -0.640. The van der Waals surface area contributed by atoms with Crippen LogP contribution < -0.4 is 16.1 Å². The molecule has 5 rings (SSSR count). The molecule has 0 spiro atoms. The smallest absolute Gasteiger partial charge is 0.251 e. The van der Waals surface area contributed by atoms with E-state index in [9.17, 15) is 14.7 Å². The van der Waals surface area contributed by atoms with E-state index in [0.29, 0.717) is 44.9 Å². The number of ether oxygens (including phenoxy) is 1. The van der Waals surface area contributed by atoms with Crippen molar-refractivity contribution >= 4 is 35.0 Å². The van der Waals surface area contributed by atoms with E-state index < -0.39 is 23.3 Å². The number of fused-ring (bicyclic) bond motifs is 3. The molecule has 31 heavy (non-hydrogen) atoms. The minimum atomic E-state index is -0.722. The summed E-state index contributed by atoms with van der Waals surface area (Å²) >= 11 is 12.3. The van der Waals surface area contributed by atoms with Crippen molar-refractivity contribution in [2.75, 3.05) is 6.61 Å². The first kappa shape index (κ1) is 23.5. The molecule has 0 aromatic heterocycles. The molecule has 4 N–H and O–H groups in total. The second kappa shape index (κ2) is 9.31. The number of carbonyl (C=O) groups excluding carboxylic acids is 2. The first-order chi connectivity index (χ1) is 14.7. The van der Waals surface area contributed by atoms with Crippen molar-refractivity contribution in [2.24, 2.45) is 0 Å². The summed E-state index contributed by atoms with van der Waals surface area (Å²) in [5, 5.41) is 16.9. The molecule has 1 aliphatic heterocycles. The second-order valence-corrected chi connectivity index (χ2v) is 11.0. The molecular weight excluding hydrogens is 445 g/mol. The monoisotopic (exact) mass is 477 g/mol. The minimum absolute atomic E-state index is 0.0468. The lowest BCUT2D eigenvalue weighted by Gasteiger charge is -2.56. The van der Waals surface area contributed by atoms with Gasteiger partial charge in [-0.2, -0.15) is 5.48 Å². The van der Waals surface area contributed by atoms with E-state index in [2.05, 4.69) is 16.1 Å². The summed E-state index contributed by atoms with van der Waals surface area (Å²) < 4.78 is 5.77. The van der Waals surface area contributed by atoms with Gasteiger partial charge in [0.15, 0.2) is 6.10 Å². The van der Waals surface area contributed by atoms with E-state index in [1.807, 2.05) is 6.92 Å². The van der Waals surface area contributed by atoms with Gasteiger partial charge in [-0.1, -0.05) is 0 Å². The highest BCUT2D eigenvalue weighted by Gasteiger charge is 2.55. The third-order valence-corrected chi connectivity index (χ3v) is 8.60. The fraction of sp³-hybridized carbons (Fsp3) is 0.905. The molecule has 5 unspecified atom stereocenters. The number of aliphatic hydroxyl groups excluding tert-OH is 1. The second-order valence-electron chi connectivity index (χ2n) is 9.83. The zero-order chi connectivity index (χ0) is 22.2. The number of aliphatic hydroxyl groups is 1. The standard InChI is InChI=1S/C21H33Cl2N3O5/c1-12-8-16(31-26-12)19(29)25-20-4-6-21(7-5-20,17(27)10-20)24-18(28)11-30-13-2-3-14(22)15(23)9-13/h12-17,26-27H,2-11H2,1H3,(H,24,28)(H,25,29)/t12?,13?,14?,15?,16?,17-,20?,21?/m0/s1. The fourth-order valence-corrected chi connectivity index (χ4v) is 6.03. The Morgan fingerprint density at radius 3 is 2.48 bits per heavy atom.